The van der Waals surface area contributed by atoms with E-state index in [0.717, 1.165) is 38.3 Å². The highest BCUT2D eigenvalue weighted by Crippen LogP contribution is 2.27. The van der Waals surface area contributed by atoms with Crippen LogP contribution in [0.15, 0.2) is 0 Å². The molecule has 2 aliphatic heterocycles. The van der Waals surface area contributed by atoms with E-state index in [4.69, 9.17) is 0 Å². The molecule has 3 rings (SSSR count). The van der Waals surface area contributed by atoms with E-state index >= 15 is 0 Å². The largest absolute Gasteiger partial charge is 0.353 e. The number of likely N-dealkylation sites (tertiary alicyclic amines) is 1. The highest BCUT2D eigenvalue weighted by atomic mass is 16.1. The summed E-state index contributed by atoms with van der Waals surface area (Å²) in [6.07, 6.45) is 10.9. The molecular formula is C18H33N3O. The first-order valence-corrected chi connectivity index (χ1v) is 9.52. The van der Waals surface area contributed by atoms with E-state index in [1.54, 1.807) is 0 Å². The van der Waals surface area contributed by atoms with E-state index < -0.39 is 0 Å². The molecule has 2 N–H and O–H groups in total. The van der Waals surface area contributed by atoms with Gasteiger partial charge in [-0.2, -0.15) is 0 Å². The van der Waals surface area contributed by atoms with Crippen LogP contribution in [-0.2, 0) is 4.79 Å². The Morgan fingerprint density at radius 1 is 1.00 bits per heavy atom. The highest BCUT2D eigenvalue weighted by Gasteiger charge is 2.25. The van der Waals surface area contributed by atoms with Crippen LogP contribution < -0.4 is 10.6 Å². The Labute approximate surface area is 135 Å². The second-order valence-electron chi connectivity index (χ2n) is 7.71. The minimum absolute atomic E-state index is 0.307. The predicted molar refractivity (Wildman–Crippen MR) is 89.8 cm³/mol. The normalized spacial score (nSPS) is 28.8. The van der Waals surface area contributed by atoms with Crippen LogP contribution >= 0.6 is 0 Å². The molecule has 2 saturated heterocycles. The van der Waals surface area contributed by atoms with E-state index in [2.05, 4.69) is 15.5 Å². The average molecular weight is 307 g/mol. The zero-order valence-corrected chi connectivity index (χ0v) is 14.0. The molecule has 1 atom stereocenters. The summed E-state index contributed by atoms with van der Waals surface area (Å²) in [6.45, 7) is 5.95. The molecule has 2 heterocycles. The van der Waals surface area contributed by atoms with Crippen molar-refractivity contribution in [3.63, 3.8) is 0 Å². The summed E-state index contributed by atoms with van der Waals surface area (Å²) < 4.78 is 0. The van der Waals surface area contributed by atoms with Crippen LogP contribution in [0.25, 0.3) is 0 Å². The van der Waals surface area contributed by atoms with Crippen LogP contribution in [0.3, 0.4) is 0 Å². The van der Waals surface area contributed by atoms with Crippen molar-refractivity contribution in [2.75, 3.05) is 32.7 Å². The minimum atomic E-state index is 0.307. The summed E-state index contributed by atoms with van der Waals surface area (Å²) in [5.41, 5.74) is 0. The smallest absolute Gasteiger partial charge is 0.220 e. The van der Waals surface area contributed by atoms with Gasteiger partial charge in [0.1, 0.15) is 0 Å². The average Bonchev–Trinajstić information content (AvgIpc) is 3.03. The molecule has 126 valence electrons. The van der Waals surface area contributed by atoms with Gasteiger partial charge < -0.3 is 15.5 Å². The van der Waals surface area contributed by atoms with Crippen LogP contribution in [0.2, 0.25) is 0 Å². The zero-order valence-electron chi connectivity index (χ0n) is 14.0. The molecule has 0 aromatic rings. The summed E-state index contributed by atoms with van der Waals surface area (Å²) in [7, 11) is 0. The van der Waals surface area contributed by atoms with Gasteiger partial charge in [0.15, 0.2) is 0 Å². The van der Waals surface area contributed by atoms with E-state index in [0.29, 0.717) is 17.9 Å². The van der Waals surface area contributed by atoms with Crippen LogP contribution in [0, 0.1) is 11.8 Å². The molecule has 1 unspecified atom stereocenters. The molecule has 0 aromatic heterocycles. The van der Waals surface area contributed by atoms with Crippen molar-refractivity contribution in [2.45, 2.75) is 63.8 Å². The molecule has 1 amide bonds. The Balaban J connectivity index is 1.31. The Morgan fingerprint density at radius 3 is 2.41 bits per heavy atom. The van der Waals surface area contributed by atoms with Crippen molar-refractivity contribution in [1.29, 1.82) is 0 Å². The number of hydrogen-bond donors (Lipinski definition) is 2. The van der Waals surface area contributed by atoms with Crippen LogP contribution in [-0.4, -0.2) is 49.6 Å². The first-order valence-electron chi connectivity index (χ1n) is 9.52. The summed E-state index contributed by atoms with van der Waals surface area (Å²) in [4.78, 5) is 14.7. The maximum Gasteiger partial charge on any atom is 0.220 e. The third-order valence-corrected chi connectivity index (χ3v) is 5.82. The number of carbonyl (C=O) groups excluding carboxylic acids is 1. The Bertz CT molecular complexity index is 340. The SMILES string of the molecule is O=C(CC1CCCC1)NC1CCN(CC2CCCNC2)CC1. The summed E-state index contributed by atoms with van der Waals surface area (Å²) in [6, 6.07) is 0.426. The summed E-state index contributed by atoms with van der Waals surface area (Å²) in [5, 5.41) is 6.80. The van der Waals surface area contributed by atoms with Crippen LogP contribution in [0.4, 0.5) is 0 Å². The van der Waals surface area contributed by atoms with E-state index in [1.807, 2.05) is 0 Å². The lowest BCUT2D eigenvalue weighted by atomic mass is 9.97. The molecule has 1 saturated carbocycles. The lowest BCUT2D eigenvalue weighted by Gasteiger charge is -2.35. The van der Waals surface area contributed by atoms with E-state index in [1.165, 1.54) is 58.2 Å². The van der Waals surface area contributed by atoms with Crippen molar-refractivity contribution in [2.24, 2.45) is 11.8 Å². The molecular weight excluding hydrogens is 274 g/mol. The molecule has 3 aliphatic rings. The minimum Gasteiger partial charge on any atom is -0.353 e. The maximum atomic E-state index is 12.1. The van der Waals surface area contributed by atoms with Gasteiger partial charge >= 0.3 is 0 Å². The first kappa shape index (κ1) is 16.3. The molecule has 22 heavy (non-hydrogen) atoms. The lowest BCUT2D eigenvalue weighted by Crippen LogP contribution is -2.47. The summed E-state index contributed by atoms with van der Waals surface area (Å²) >= 11 is 0. The van der Waals surface area contributed by atoms with Crippen molar-refractivity contribution in [3.05, 3.63) is 0 Å². The number of nitrogens with zero attached hydrogens (tertiary/aromatic N) is 1. The number of rotatable bonds is 5. The molecule has 1 aliphatic carbocycles. The second kappa shape index (κ2) is 8.30. The van der Waals surface area contributed by atoms with Gasteiger partial charge in [-0.25, -0.2) is 0 Å². The van der Waals surface area contributed by atoms with Gasteiger partial charge in [0, 0.05) is 32.1 Å². The van der Waals surface area contributed by atoms with Crippen molar-refractivity contribution < 1.29 is 4.79 Å². The molecule has 0 bridgehead atoms. The quantitative estimate of drug-likeness (QED) is 0.818. The monoisotopic (exact) mass is 307 g/mol. The fourth-order valence-corrected chi connectivity index (χ4v) is 4.47. The van der Waals surface area contributed by atoms with Gasteiger partial charge in [-0.1, -0.05) is 12.8 Å². The van der Waals surface area contributed by atoms with Gasteiger partial charge in [-0.15, -0.1) is 0 Å². The van der Waals surface area contributed by atoms with Gasteiger partial charge in [-0.05, 0) is 63.5 Å². The number of nitrogens with one attached hydrogen (secondary N) is 2. The van der Waals surface area contributed by atoms with E-state index in [-0.39, 0.29) is 0 Å². The topological polar surface area (TPSA) is 44.4 Å². The van der Waals surface area contributed by atoms with Gasteiger partial charge in [0.2, 0.25) is 5.91 Å². The number of hydrogen-bond acceptors (Lipinski definition) is 3. The predicted octanol–water partition coefficient (Wildman–Crippen LogP) is 2.15. The Hall–Kier alpha value is -0.610. The van der Waals surface area contributed by atoms with Crippen molar-refractivity contribution in [1.82, 2.24) is 15.5 Å². The highest BCUT2D eigenvalue weighted by molar-refractivity contribution is 5.76. The van der Waals surface area contributed by atoms with Gasteiger partial charge in [0.25, 0.3) is 0 Å². The molecule has 4 heteroatoms. The molecule has 0 spiro atoms. The molecule has 4 nitrogen and oxygen atoms in total. The maximum absolute atomic E-state index is 12.1. The van der Waals surface area contributed by atoms with Crippen molar-refractivity contribution >= 4 is 5.91 Å². The van der Waals surface area contributed by atoms with Gasteiger partial charge in [-0.3, -0.25) is 4.79 Å². The summed E-state index contributed by atoms with van der Waals surface area (Å²) in [5.74, 6) is 1.81. The Morgan fingerprint density at radius 2 is 1.73 bits per heavy atom. The third-order valence-electron chi connectivity index (χ3n) is 5.82. The number of amides is 1. The van der Waals surface area contributed by atoms with E-state index in [9.17, 15) is 4.79 Å². The number of carbonyl (C=O) groups is 1. The fraction of sp³-hybridized carbons (Fsp3) is 0.944. The van der Waals surface area contributed by atoms with Gasteiger partial charge in [0.05, 0.1) is 0 Å². The molecule has 3 fully saturated rings. The first-order chi connectivity index (χ1) is 10.8. The fourth-order valence-electron chi connectivity index (χ4n) is 4.47. The van der Waals surface area contributed by atoms with Crippen LogP contribution in [0.5, 0.6) is 0 Å². The second-order valence-corrected chi connectivity index (χ2v) is 7.71. The standard InChI is InChI=1S/C18H33N3O/c22-18(12-15-4-1-2-5-15)20-17-7-10-21(11-8-17)14-16-6-3-9-19-13-16/h15-17,19H,1-14H2,(H,20,22). The number of piperidine rings is 2. The lowest BCUT2D eigenvalue weighted by molar-refractivity contribution is -0.123. The third kappa shape index (κ3) is 4.95. The van der Waals surface area contributed by atoms with Crippen LogP contribution in [0.1, 0.15) is 57.8 Å². The zero-order chi connectivity index (χ0) is 15.2. The van der Waals surface area contributed by atoms with Crippen molar-refractivity contribution in [3.8, 4) is 0 Å². The Kier molecular flexibility index (Phi) is 6.13. The molecule has 0 radical (unpaired) electrons. The molecule has 0 aromatic carbocycles.